The Morgan fingerprint density at radius 1 is 0.864 bits per heavy atom. The number of imide groups is 1. The maximum Gasteiger partial charge on any atom is 0.255 e. The number of nitrogens with one attached hydrogen (secondary N) is 4. The zero-order valence-electron chi connectivity index (χ0n) is 32.8. The van der Waals surface area contributed by atoms with Crippen molar-refractivity contribution in [1.82, 2.24) is 30.1 Å². The number of anilines is 3. The van der Waals surface area contributed by atoms with Gasteiger partial charge in [-0.2, -0.15) is 0 Å². The van der Waals surface area contributed by atoms with Gasteiger partial charge in [0, 0.05) is 87.2 Å². The van der Waals surface area contributed by atoms with E-state index in [9.17, 15) is 28.7 Å². The van der Waals surface area contributed by atoms with E-state index in [0.717, 1.165) is 19.0 Å². The lowest BCUT2D eigenvalue weighted by molar-refractivity contribution is -0.141. The molecule has 3 saturated heterocycles. The summed E-state index contributed by atoms with van der Waals surface area (Å²) in [4.78, 5) is 66.9. The molecule has 8 rings (SSSR count). The fourth-order valence-corrected chi connectivity index (χ4v) is 8.80. The zero-order chi connectivity index (χ0) is 41.1. The summed E-state index contributed by atoms with van der Waals surface area (Å²) in [7, 11) is 0. The summed E-state index contributed by atoms with van der Waals surface area (Å²) in [6.07, 6.45) is 7.13. The van der Waals surface area contributed by atoms with Gasteiger partial charge >= 0.3 is 0 Å². The summed E-state index contributed by atoms with van der Waals surface area (Å²) in [5.74, 6) is -1.36. The van der Waals surface area contributed by atoms with Crippen LogP contribution in [-0.2, 0) is 14.4 Å². The van der Waals surface area contributed by atoms with Crippen LogP contribution in [0.4, 0.5) is 26.1 Å². The zero-order valence-corrected chi connectivity index (χ0v) is 32.8. The number of pyridine rings is 1. The SMILES string of the molecule is O=C1CCC(Nc2ccc(N3CCN(CC4(O)CCN(C(=O)[C@H]5CC[C@H](Nc6ncc(F)c(-c7cccc(-c8ccc[nH]c8=O)c7)n6)CC5)CC4)CC3)c(F)c2)C(=O)N1. The molecule has 0 bridgehead atoms. The van der Waals surface area contributed by atoms with Gasteiger partial charge in [-0.15, -0.1) is 0 Å². The van der Waals surface area contributed by atoms with Crippen LogP contribution in [0.25, 0.3) is 22.4 Å². The van der Waals surface area contributed by atoms with Crippen molar-refractivity contribution in [2.24, 2.45) is 5.92 Å². The molecule has 310 valence electrons. The van der Waals surface area contributed by atoms with Crippen LogP contribution in [0, 0.1) is 17.6 Å². The van der Waals surface area contributed by atoms with Crippen molar-refractivity contribution in [2.45, 2.75) is 69.1 Å². The van der Waals surface area contributed by atoms with E-state index in [-0.39, 0.29) is 41.4 Å². The van der Waals surface area contributed by atoms with E-state index in [4.69, 9.17) is 0 Å². The molecule has 2 aromatic carbocycles. The molecule has 1 saturated carbocycles. The number of hydrogen-bond acceptors (Lipinski definition) is 11. The number of carbonyl (C=O) groups is 3. The van der Waals surface area contributed by atoms with Crippen LogP contribution >= 0.6 is 0 Å². The lowest BCUT2D eigenvalue weighted by atomic mass is 9.84. The first-order valence-electron chi connectivity index (χ1n) is 20.5. The molecule has 5 N–H and O–H groups in total. The largest absolute Gasteiger partial charge is 0.388 e. The molecule has 4 aromatic rings. The smallest absolute Gasteiger partial charge is 0.255 e. The fourth-order valence-electron chi connectivity index (χ4n) is 8.80. The summed E-state index contributed by atoms with van der Waals surface area (Å²) in [5, 5.41) is 20.2. The Kier molecular flexibility index (Phi) is 11.7. The van der Waals surface area contributed by atoms with Crippen molar-refractivity contribution in [3.63, 3.8) is 0 Å². The normalized spacial score (nSPS) is 22.5. The molecule has 1 aliphatic carbocycles. The van der Waals surface area contributed by atoms with Gasteiger partial charge in [0.1, 0.15) is 17.6 Å². The number of amides is 3. The first-order valence-corrected chi connectivity index (χ1v) is 20.5. The highest BCUT2D eigenvalue weighted by Gasteiger charge is 2.38. The van der Waals surface area contributed by atoms with Gasteiger partial charge in [-0.25, -0.2) is 18.7 Å². The monoisotopic (exact) mass is 809 g/mol. The Morgan fingerprint density at radius 3 is 2.36 bits per heavy atom. The van der Waals surface area contributed by atoms with Crippen LogP contribution in [0.1, 0.15) is 51.4 Å². The van der Waals surface area contributed by atoms with E-state index in [2.05, 4.69) is 35.8 Å². The Bertz CT molecular complexity index is 2250. The highest BCUT2D eigenvalue weighted by Crippen LogP contribution is 2.32. The molecular weight excluding hydrogens is 761 g/mol. The van der Waals surface area contributed by atoms with Gasteiger partial charge in [-0.3, -0.25) is 29.4 Å². The van der Waals surface area contributed by atoms with Gasteiger partial charge in [-0.05, 0) is 86.9 Å². The maximum atomic E-state index is 15.2. The van der Waals surface area contributed by atoms with Gasteiger partial charge in [0.05, 0.1) is 17.5 Å². The number of H-pyrrole nitrogens is 1. The number of aromatic amines is 1. The molecule has 4 aliphatic rings. The van der Waals surface area contributed by atoms with Gasteiger partial charge < -0.3 is 30.5 Å². The summed E-state index contributed by atoms with van der Waals surface area (Å²) >= 11 is 0. The minimum Gasteiger partial charge on any atom is -0.388 e. The maximum absolute atomic E-state index is 15.2. The molecule has 2 aromatic heterocycles. The number of aromatic nitrogens is 3. The van der Waals surface area contributed by atoms with Crippen LogP contribution in [0.5, 0.6) is 0 Å². The minimum absolute atomic E-state index is 0.0244. The number of benzene rings is 2. The first-order chi connectivity index (χ1) is 28.5. The lowest BCUT2D eigenvalue weighted by Gasteiger charge is -2.44. The fraction of sp³-hybridized carbons (Fsp3) is 0.442. The van der Waals surface area contributed by atoms with Gasteiger partial charge in [0.25, 0.3) is 5.56 Å². The molecule has 3 amide bonds. The molecule has 0 radical (unpaired) electrons. The van der Waals surface area contributed by atoms with Crippen LogP contribution in [0.3, 0.4) is 0 Å². The molecular formula is C43H49F2N9O5. The summed E-state index contributed by atoms with van der Waals surface area (Å²) < 4.78 is 30.2. The van der Waals surface area contributed by atoms with Crippen LogP contribution in [0.15, 0.2) is 71.8 Å². The number of nitrogens with zero attached hydrogens (tertiary/aromatic N) is 5. The third kappa shape index (κ3) is 9.28. The van der Waals surface area contributed by atoms with Gasteiger partial charge in [-0.1, -0.05) is 18.2 Å². The Morgan fingerprint density at radius 2 is 1.63 bits per heavy atom. The molecule has 3 aliphatic heterocycles. The number of rotatable bonds is 10. The van der Waals surface area contributed by atoms with Gasteiger partial charge in [0.15, 0.2) is 5.82 Å². The number of piperidine rings is 2. The quantitative estimate of drug-likeness (QED) is 0.146. The van der Waals surface area contributed by atoms with E-state index >= 15 is 4.39 Å². The number of piperazine rings is 1. The summed E-state index contributed by atoms with van der Waals surface area (Å²) in [6.45, 7) is 3.97. The Hall–Kier alpha value is -5.74. The average Bonchev–Trinajstić information content (AvgIpc) is 3.23. The molecule has 4 fully saturated rings. The number of carbonyl (C=O) groups excluding carboxylic acids is 3. The van der Waals surface area contributed by atoms with Gasteiger partial charge in [0.2, 0.25) is 23.7 Å². The third-order valence-corrected chi connectivity index (χ3v) is 12.2. The lowest BCUT2D eigenvalue weighted by Crippen LogP contribution is -2.56. The summed E-state index contributed by atoms with van der Waals surface area (Å²) in [6, 6.07) is 14.7. The molecule has 59 heavy (non-hydrogen) atoms. The summed E-state index contributed by atoms with van der Waals surface area (Å²) in [5.41, 5.74) is 1.59. The van der Waals surface area contributed by atoms with Crippen molar-refractivity contribution in [2.75, 3.05) is 61.3 Å². The standard InChI is InChI=1S/C43H49F2N9O5/c44-33-24-31(48-35-11-13-37(55)50-40(35)57)10-12-36(33)53-21-19-52(20-22-53)26-43(59)14-17-54(18-15-43)41(58)27-6-8-30(9-7-27)49-42-47-25-34(45)38(51-42)29-4-1-3-28(23-29)32-5-2-16-46-39(32)56/h1-5,10,12,16,23-25,27,30,35,48,59H,6-9,11,13-15,17-22,26H2,(H,46,56)(H,47,49,51)(H,50,55,57)/t27-,30-,35?. The van der Waals surface area contributed by atoms with Crippen molar-refractivity contribution < 1.29 is 28.3 Å². The second kappa shape index (κ2) is 17.2. The number of halogens is 2. The first kappa shape index (κ1) is 40.1. The number of likely N-dealkylation sites (tertiary alicyclic amines) is 1. The molecule has 1 unspecified atom stereocenters. The van der Waals surface area contributed by atoms with Crippen LogP contribution < -0.4 is 26.4 Å². The average molecular weight is 810 g/mol. The number of aliphatic hydroxyl groups is 1. The Balaban J connectivity index is 0.776. The third-order valence-electron chi connectivity index (χ3n) is 12.2. The molecule has 14 nitrogen and oxygen atoms in total. The number of β-amino-alcohol motifs (C(OH)–C–C–N with tert-alkyl or cyclic N) is 1. The van der Waals surface area contributed by atoms with Crippen molar-refractivity contribution in [3.05, 3.63) is 89.0 Å². The van der Waals surface area contributed by atoms with E-state index in [0.29, 0.717) is 112 Å². The highest BCUT2D eigenvalue weighted by molar-refractivity contribution is 6.01. The van der Waals surface area contributed by atoms with Crippen LogP contribution in [0.2, 0.25) is 0 Å². The van der Waals surface area contributed by atoms with Crippen molar-refractivity contribution in [1.29, 1.82) is 0 Å². The Labute approximate surface area is 340 Å². The van der Waals surface area contributed by atoms with Crippen LogP contribution in [-0.4, -0.2) is 111 Å². The van der Waals surface area contributed by atoms with E-state index < -0.39 is 29.2 Å². The van der Waals surface area contributed by atoms with E-state index in [1.165, 1.54) is 6.07 Å². The number of hydrogen-bond donors (Lipinski definition) is 5. The molecule has 0 spiro atoms. The molecule has 16 heteroatoms. The van der Waals surface area contributed by atoms with E-state index in [1.807, 2.05) is 9.80 Å². The van der Waals surface area contributed by atoms with Crippen molar-refractivity contribution >= 4 is 35.0 Å². The van der Waals surface area contributed by atoms with E-state index in [1.54, 1.807) is 54.7 Å². The minimum atomic E-state index is -0.913. The predicted molar refractivity (Wildman–Crippen MR) is 218 cm³/mol. The second-order valence-corrected chi connectivity index (χ2v) is 16.2. The highest BCUT2D eigenvalue weighted by atomic mass is 19.1. The second-order valence-electron chi connectivity index (χ2n) is 16.2. The predicted octanol–water partition coefficient (Wildman–Crippen LogP) is 4.14. The molecule has 5 heterocycles. The topological polar surface area (TPSA) is 176 Å². The van der Waals surface area contributed by atoms with Crippen molar-refractivity contribution in [3.8, 4) is 22.4 Å². The molecule has 1 atom stereocenters.